The van der Waals surface area contributed by atoms with Crippen LogP contribution in [0.4, 0.5) is 0 Å². The van der Waals surface area contributed by atoms with Gasteiger partial charge in [0.1, 0.15) is 0 Å². The summed E-state index contributed by atoms with van der Waals surface area (Å²) in [7, 11) is 0. The third-order valence-corrected chi connectivity index (χ3v) is 4.65. The van der Waals surface area contributed by atoms with Gasteiger partial charge in [-0.05, 0) is 11.6 Å². The summed E-state index contributed by atoms with van der Waals surface area (Å²) < 4.78 is 0. The predicted molar refractivity (Wildman–Crippen MR) is 91.0 cm³/mol. The van der Waals surface area contributed by atoms with Crippen LogP contribution in [0.1, 0.15) is 31.2 Å². The van der Waals surface area contributed by atoms with E-state index in [1.165, 1.54) is 5.56 Å². The average molecular weight is 325 g/mol. The second-order valence-electron chi connectivity index (χ2n) is 6.40. The highest BCUT2D eigenvalue weighted by molar-refractivity contribution is 5.76. The molecule has 24 heavy (non-hydrogen) atoms. The first-order valence-corrected chi connectivity index (χ1v) is 8.47. The lowest BCUT2D eigenvalue weighted by Gasteiger charge is -2.34. The molecule has 126 valence electrons. The Balaban J connectivity index is 1.38. The number of amides is 1. The van der Waals surface area contributed by atoms with Gasteiger partial charge in [0.05, 0.1) is 0 Å². The molecular weight excluding hydrogens is 302 g/mol. The fraction of sp³-hybridized carbons (Fsp3) is 0.556. The Hall–Kier alpha value is -2.26. The van der Waals surface area contributed by atoms with E-state index in [-0.39, 0.29) is 11.6 Å². The van der Waals surface area contributed by atoms with Gasteiger partial charge in [0, 0.05) is 70.8 Å². The van der Waals surface area contributed by atoms with Crippen molar-refractivity contribution in [3.63, 3.8) is 0 Å². The Kier molecular flexibility index (Phi) is 5.21. The first kappa shape index (κ1) is 16.6. The van der Waals surface area contributed by atoms with Crippen LogP contribution in [-0.2, 0) is 11.3 Å². The molecule has 3 heterocycles. The lowest BCUT2D eigenvalue weighted by Crippen LogP contribution is -2.48. The number of terminal acetylenes is 1. The first-order chi connectivity index (χ1) is 11.7. The molecule has 3 rings (SSSR count). The summed E-state index contributed by atoms with van der Waals surface area (Å²) >= 11 is 0. The highest BCUT2D eigenvalue weighted by Crippen LogP contribution is 2.37. The zero-order chi connectivity index (χ0) is 16.8. The van der Waals surface area contributed by atoms with Crippen molar-refractivity contribution in [2.45, 2.75) is 37.9 Å². The number of aromatic nitrogens is 1. The molecule has 0 N–H and O–H groups in total. The Bertz CT molecular complexity index is 623. The van der Waals surface area contributed by atoms with Crippen LogP contribution in [0.3, 0.4) is 0 Å². The molecule has 0 unspecified atom stereocenters. The van der Waals surface area contributed by atoms with Crippen LogP contribution in [0.15, 0.2) is 34.8 Å². The highest BCUT2D eigenvalue weighted by atomic mass is 16.2. The van der Waals surface area contributed by atoms with Gasteiger partial charge in [0.15, 0.2) is 5.66 Å². The number of carbonyl (C=O) groups is 1. The monoisotopic (exact) mass is 325 g/mol. The zero-order valence-electron chi connectivity index (χ0n) is 13.9. The molecule has 2 aliphatic rings. The topological polar surface area (TPSA) is 61.2 Å². The van der Waals surface area contributed by atoms with Crippen molar-refractivity contribution in [3.8, 4) is 12.3 Å². The zero-order valence-corrected chi connectivity index (χ0v) is 13.9. The number of rotatable bonds is 7. The molecule has 0 atom stereocenters. The molecule has 0 bridgehead atoms. The van der Waals surface area contributed by atoms with E-state index in [1.807, 2.05) is 17.2 Å². The summed E-state index contributed by atoms with van der Waals surface area (Å²) in [6.07, 6.45) is 11.6. The summed E-state index contributed by atoms with van der Waals surface area (Å²) in [5.74, 6) is 2.82. The van der Waals surface area contributed by atoms with Gasteiger partial charge < -0.3 is 4.90 Å². The molecule has 0 spiro atoms. The Morgan fingerprint density at radius 2 is 2.04 bits per heavy atom. The van der Waals surface area contributed by atoms with Gasteiger partial charge in [0.25, 0.3) is 0 Å². The minimum absolute atomic E-state index is 0.202. The van der Waals surface area contributed by atoms with E-state index in [9.17, 15) is 4.79 Å². The fourth-order valence-electron chi connectivity index (χ4n) is 3.04. The molecule has 1 saturated heterocycles. The second-order valence-corrected chi connectivity index (χ2v) is 6.40. The lowest BCUT2D eigenvalue weighted by molar-refractivity contribution is -0.133. The number of piperazine rings is 1. The largest absolute Gasteiger partial charge is 0.340 e. The van der Waals surface area contributed by atoms with E-state index in [4.69, 9.17) is 6.42 Å². The highest BCUT2D eigenvalue weighted by Gasteiger charge is 2.39. The van der Waals surface area contributed by atoms with E-state index in [1.54, 1.807) is 6.20 Å². The van der Waals surface area contributed by atoms with Crippen molar-refractivity contribution in [3.05, 3.63) is 30.1 Å². The fourth-order valence-corrected chi connectivity index (χ4v) is 3.04. The molecule has 1 amide bonds. The van der Waals surface area contributed by atoms with Gasteiger partial charge in [-0.3, -0.25) is 14.7 Å². The van der Waals surface area contributed by atoms with Crippen LogP contribution in [0.25, 0.3) is 0 Å². The Labute approximate surface area is 143 Å². The van der Waals surface area contributed by atoms with Gasteiger partial charge in [-0.15, -0.1) is 12.3 Å². The summed E-state index contributed by atoms with van der Waals surface area (Å²) in [5, 5.41) is 8.18. The molecule has 6 nitrogen and oxygen atoms in total. The van der Waals surface area contributed by atoms with Gasteiger partial charge in [0.2, 0.25) is 5.91 Å². The molecule has 1 aromatic rings. The Morgan fingerprint density at radius 1 is 1.25 bits per heavy atom. The molecule has 0 aliphatic carbocycles. The molecular formula is C18H23N5O. The normalized spacial score (nSPS) is 19.0. The van der Waals surface area contributed by atoms with Crippen LogP contribution in [-0.4, -0.2) is 52.5 Å². The van der Waals surface area contributed by atoms with Crippen molar-refractivity contribution >= 4 is 5.91 Å². The molecule has 1 fully saturated rings. The SMILES string of the molecule is C#CCCC1(CCC(=O)N2CCN(Cc3cccnc3)CC2)N=N1. The third-order valence-electron chi connectivity index (χ3n) is 4.65. The smallest absolute Gasteiger partial charge is 0.222 e. The summed E-state index contributed by atoms with van der Waals surface area (Å²) in [5.41, 5.74) is 0.856. The number of hydrogen-bond donors (Lipinski definition) is 0. The third kappa shape index (κ3) is 4.39. The number of carbonyl (C=O) groups excluding carboxylic acids is 1. The van der Waals surface area contributed by atoms with Gasteiger partial charge in [-0.1, -0.05) is 6.07 Å². The lowest BCUT2D eigenvalue weighted by atomic mass is 10.0. The molecule has 2 aliphatic heterocycles. The quantitative estimate of drug-likeness (QED) is 0.721. The molecule has 1 aromatic heterocycles. The second kappa shape index (κ2) is 7.54. The number of nitrogens with zero attached hydrogens (tertiary/aromatic N) is 5. The van der Waals surface area contributed by atoms with Crippen molar-refractivity contribution < 1.29 is 4.79 Å². The van der Waals surface area contributed by atoms with Crippen molar-refractivity contribution in [2.24, 2.45) is 10.2 Å². The summed E-state index contributed by atoms with van der Waals surface area (Å²) in [4.78, 5) is 20.8. The van der Waals surface area contributed by atoms with Crippen LogP contribution < -0.4 is 0 Å². The summed E-state index contributed by atoms with van der Waals surface area (Å²) in [6.45, 7) is 4.26. The average Bonchev–Trinajstić information content (AvgIpc) is 3.40. The van der Waals surface area contributed by atoms with Gasteiger partial charge >= 0.3 is 0 Å². The van der Waals surface area contributed by atoms with E-state index in [0.29, 0.717) is 19.3 Å². The standard InChI is InChI=1S/C18H23N5O/c1-2-3-7-18(20-21-18)8-6-17(24)23-12-10-22(11-13-23)15-16-5-4-9-19-14-16/h1,4-5,9,14H,3,6-8,10-13,15H2. The maximum atomic E-state index is 12.4. The van der Waals surface area contributed by atoms with Crippen molar-refractivity contribution in [2.75, 3.05) is 26.2 Å². The van der Waals surface area contributed by atoms with E-state index in [0.717, 1.165) is 39.1 Å². The van der Waals surface area contributed by atoms with Crippen LogP contribution in [0, 0.1) is 12.3 Å². The Morgan fingerprint density at radius 3 is 2.67 bits per heavy atom. The number of pyridine rings is 1. The van der Waals surface area contributed by atoms with Gasteiger partial charge in [-0.25, -0.2) is 0 Å². The molecule has 6 heteroatoms. The first-order valence-electron chi connectivity index (χ1n) is 8.47. The predicted octanol–water partition coefficient (Wildman–Crippen LogP) is 2.08. The summed E-state index contributed by atoms with van der Waals surface area (Å²) in [6, 6.07) is 4.04. The van der Waals surface area contributed by atoms with Crippen LogP contribution in [0.5, 0.6) is 0 Å². The minimum atomic E-state index is -0.357. The molecule has 0 saturated carbocycles. The molecule has 0 aromatic carbocycles. The maximum absolute atomic E-state index is 12.4. The molecule has 0 radical (unpaired) electrons. The minimum Gasteiger partial charge on any atom is -0.340 e. The van der Waals surface area contributed by atoms with E-state index >= 15 is 0 Å². The van der Waals surface area contributed by atoms with Crippen molar-refractivity contribution in [1.82, 2.24) is 14.8 Å². The number of hydrogen-bond acceptors (Lipinski definition) is 5. The maximum Gasteiger partial charge on any atom is 0.222 e. The van der Waals surface area contributed by atoms with E-state index in [2.05, 4.69) is 32.1 Å². The van der Waals surface area contributed by atoms with Crippen LogP contribution >= 0.6 is 0 Å². The van der Waals surface area contributed by atoms with E-state index < -0.39 is 0 Å². The van der Waals surface area contributed by atoms with Crippen LogP contribution in [0.2, 0.25) is 0 Å². The van der Waals surface area contributed by atoms with Crippen molar-refractivity contribution in [1.29, 1.82) is 0 Å². The van der Waals surface area contributed by atoms with Gasteiger partial charge in [-0.2, -0.15) is 10.2 Å².